The number of halogens is 1. The molecule has 1 aromatic rings. The maximum Gasteiger partial charge on any atom is 0.231 e. The third kappa shape index (κ3) is 1.59. The second kappa shape index (κ2) is 3.88. The molecule has 2 N–H and O–H groups in total. The molecule has 2 aliphatic rings. The minimum Gasteiger partial charge on any atom is -0.454 e. The van der Waals surface area contributed by atoms with Crippen molar-refractivity contribution in [3.05, 3.63) is 23.5 Å². The van der Waals surface area contributed by atoms with E-state index in [1.807, 2.05) is 0 Å². The van der Waals surface area contributed by atoms with Gasteiger partial charge in [-0.1, -0.05) is 12.8 Å². The van der Waals surface area contributed by atoms with Crippen LogP contribution >= 0.6 is 0 Å². The zero-order valence-electron chi connectivity index (χ0n) is 9.67. The van der Waals surface area contributed by atoms with Gasteiger partial charge in [0.2, 0.25) is 6.79 Å². The molecule has 1 saturated carbocycles. The van der Waals surface area contributed by atoms with E-state index in [0.717, 1.165) is 25.7 Å². The maximum atomic E-state index is 14.1. The third-order valence-corrected chi connectivity index (χ3v) is 3.99. The predicted molar refractivity (Wildman–Crippen MR) is 61.7 cm³/mol. The number of ether oxygens (including phenoxy) is 2. The Morgan fingerprint density at radius 2 is 1.82 bits per heavy atom. The quantitative estimate of drug-likeness (QED) is 0.858. The summed E-state index contributed by atoms with van der Waals surface area (Å²) in [5.41, 5.74) is 6.37. The molecule has 0 saturated heterocycles. The standard InChI is InChI=1S/C13H16FNO2/c14-10-6-12-11(16-8-17-12)5-9(10)13(7-15)3-1-2-4-13/h5-6H,1-4,7-8,15H2. The van der Waals surface area contributed by atoms with Crippen molar-refractivity contribution in [1.82, 2.24) is 0 Å². The molecule has 4 heteroatoms. The Balaban J connectivity index is 2.07. The second-order valence-corrected chi connectivity index (χ2v) is 4.88. The molecule has 0 aromatic heterocycles. The minimum atomic E-state index is -0.221. The predicted octanol–water partition coefficient (Wildman–Crippen LogP) is 2.32. The van der Waals surface area contributed by atoms with Crippen LogP contribution < -0.4 is 15.2 Å². The van der Waals surface area contributed by atoms with Crippen LogP contribution in [-0.2, 0) is 5.41 Å². The highest BCUT2D eigenvalue weighted by molar-refractivity contribution is 5.48. The second-order valence-electron chi connectivity index (χ2n) is 4.88. The Hall–Kier alpha value is -1.29. The number of hydrogen-bond donors (Lipinski definition) is 1. The fourth-order valence-corrected chi connectivity index (χ4v) is 2.96. The first-order chi connectivity index (χ1) is 8.25. The van der Waals surface area contributed by atoms with Gasteiger partial charge in [0, 0.05) is 18.0 Å². The van der Waals surface area contributed by atoms with E-state index < -0.39 is 0 Å². The number of nitrogens with two attached hydrogens (primary N) is 1. The summed E-state index contributed by atoms with van der Waals surface area (Å²) in [7, 11) is 0. The lowest BCUT2D eigenvalue weighted by Gasteiger charge is -2.28. The van der Waals surface area contributed by atoms with Crippen molar-refractivity contribution >= 4 is 0 Å². The van der Waals surface area contributed by atoms with Crippen LogP contribution in [-0.4, -0.2) is 13.3 Å². The average Bonchev–Trinajstić information content (AvgIpc) is 2.95. The first kappa shape index (κ1) is 10.8. The van der Waals surface area contributed by atoms with E-state index in [2.05, 4.69) is 0 Å². The molecule has 3 rings (SSSR count). The zero-order valence-corrected chi connectivity index (χ0v) is 9.67. The van der Waals surface area contributed by atoms with Crippen LogP contribution in [0.2, 0.25) is 0 Å². The number of fused-ring (bicyclic) bond motifs is 1. The summed E-state index contributed by atoms with van der Waals surface area (Å²) in [6.45, 7) is 0.664. The van der Waals surface area contributed by atoms with Crippen LogP contribution in [0.25, 0.3) is 0 Å². The van der Waals surface area contributed by atoms with Gasteiger partial charge in [0.15, 0.2) is 11.5 Å². The van der Waals surface area contributed by atoms with Crippen molar-refractivity contribution in [2.75, 3.05) is 13.3 Å². The lowest BCUT2D eigenvalue weighted by Crippen LogP contribution is -2.33. The number of rotatable bonds is 2. The molecule has 0 amide bonds. The van der Waals surface area contributed by atoms with Gasteiger partial charge in [-0.2, -0.15) is 0 Å². The highest BCUT2D eigenvalue weighted by Crippen LogP contribution is 2.45. The first-order valence-electron chi connectivity index (χ1n) is 6.05. The maximum absolute atomic E-state index is 14.1. The van der Waals surface area contributed by atoms with Crippen molar-refractivity contribution in [2.24, 2.45) is 5.73 Å². The Bertz CT molecular complexity index is 441. The van der Waals surface area contributed by atoms with Gasteiger partial charge in [0.05, 0.1) is 0 Å². The minimum absolute atomic E-state index is 0.174. The fourth-order valence-electron chi connectivity index (χ4n) is 2.96. The molecule has 0 spiro atoms. The number of benzene rings is 1. The molecular weight excluding hydrogens is 221 g/mol. The van der Waals surface area contributed by atoms with E-state index in [1.54, 1.807) is 6.07 Å². The topological polar surface area (TPSA) is 44.5 Å². The van der Waals surface area contributed by atoms with Gasteiger partial charge in [0.1, 0.15) is 5.82 Å². The molecule has 0 bridgehead atoms. The van der Waals surface area contributed by atoms with Gasteiger partial charge in [-0.3, -0.25) is 0 Å². The lowest BCUT2D eigenvalue weighted by atomic mass is 9.78. The van der Waals surface area contributed by atoms with E-state index >= 15 is 0 Å². The monoisotopic (exact) mass is 237 g/mol. The van der Waals surface area contributed by atoms with Crippen LogP contribution in [0.3, 0.4) is 0 Å². The Morgan fingerprint density at radius 1 is 1.18 bits per heavy atom. The summed E-state index contributed by atoms with van der Waals surface area (Å²) in [5, 5.41) is 0. The molecule has 1 aliphatic carbocycles. The molecule has 0 unspecified atom stereocenters. The van der Waals surface area contributed by atoms with Gasteiger partial charge in [-0.05, 0) is 24.5 Å². The molecule has 1 heterocycles. The Labute approximate surface area is 99.7 Å². The lowest BCUT2D eigenvalue weighted by molar-refractivity contribution is 0.173. The number of hydrogen-bond acceptors (Lipinski definition) is 3. The third-order valence-electron chi connectivity index (χ3n) is 3.99. The molecule has 17 heavy (non-hydrogen) atoms. The van der Waals surface area contributed by atoms with E-state index in [9.17, 15) is 4.39 Å². The van der Waals surface area contributed by atoms with Crippen molar-refractivity contribution in [2.45, 2.75) is 31.1 Å². The van der Waals surface area contributed by atoms with Gasteiger partial charge < -0.3 is 15.2 Å². The first-order valence-corrected chi connectivity index (χ1v) is 6.05. The van der Waals surface area contributed by atoms with Gasteiger partial charge in [-0.25, -0.2) is 4.39 Å². The van der Waals surface area contributed by atoms with Crippen LogP contribution in [0.15, 0.2) is 12.1 Å². The van der Waals surface area contributed by atoms with Crippen molar-refractivity contribution in [1.29, 1.82) is 0 Å². The summed E-state index contributed by atoms with van der Waals surface area (Å²) in [4.78, 5) is 0. The highest BCUT2D eigenvalue weighted by atomic mass is 19.1. The van der Waals surface area contributed by atoms with Gasteiger partial charge in [-0.15, -0.1) is 0 Å². The fraction of sp³-hybridized carbons (Fsp3) is 0.538. The largest absolute Gasteiger partial charge is 0.454 e. The van der Waals surface area contributed by atoms with Crippen molar-refractivity contribution in [3.63, 3.8) is 0 Å². The summed E-state index contributed by atoms with van der Waals surface area (Å²) in [6, 6.07) is 3.20. The van der Waals surface area contributed by atoms with Crippen molar-refractivity contribution < 1.29 is 13.9 Å². The summed E-state index contributed by atoms with van der Waals surface area (Å²) < 4.78 is 24.6. The van der Waals surface area contributed by atoms with E-state index in [0.29, 0.717) is 23.6 Å². The summed E-state index contributed by atoms with van der Waals surface area (Å²) >= 11 is 0. The zero-order chi connectivity index (χ0) is 11.9. The highest BCUT2D eigenvalue weighted by Gasteiger charge is 2.37. The van der Waals surface area contributed by atoms with Crippen LogP contribution in [0, 0.1) is 5.82 Å². The Kier molecular flexibility index (Phi) is 2.47. The average molecular weight is 237 g/mol. The molecule has 0 radical (unpaired) electrons. The molecule has 92 valence electrons. The molecule has 0 atom stereocenters. The van der Waals surface area contributed by atoms with Crippen molar-refractivity contribution in [3.8, 4) is 11.5 Å². The SMILES string of the molecule is NCC1(c2cc3c(cc2F)OCO3)CCCC1. The molecular formula is C13H16FNO2. The van der Waals surface area contributed by atoms with Crippen LogP contribution in [0.5, 0.6) is 11.5 Å². The van der Waals surface area contributed by atoms with Crippen LogP contribution in [0.4, 0.5) is 4.39 Å². The van der Waals surface area contributed by atoms with E-state index in [1.165, 1.54) is 6.07 Å². The summed E-state index contributed by atoms with van der Waals surface area (Å²) in [6.07, 6.45) is 4.15. The van der Waals surface area contributed by atoms with Crippen LogP contribution in [0.1, 0.15) is 31.2 Å². The molecule has 1 aliphatic heterocycles. The molecule has 1 fully saturated rings. The van der Waals surface area contributed by atoms with Gasteiger partial charge >= 0.3 is 0 Å². The smallest absolute Gasteiger partial charge is 0.231 e. The summed E-state index contributed by atoms with van der Waals surface area (Å²) in [5.74, 6) is 0.916. The normalized spacial score (nSPS) is 20.8. The Morgan fingerprint density at radius 3 is 2.47 bits per heavy atom. The van der Waals surface area contributed by atoms with Gasteiger partial charge in [0.25, 0.3) is 0 Å². The van der Waals surface area contributed by atoms with E-state index in [4.69, 9.17) is 15.2 Å². The molecule has 3 nitrogen and oxygen atoms in total. The molecule has 1 aromatic carbocycles. The van der Waals surface area contributed by atoms with E-state index in [-0.39, 0.29) is 18.0 Å².